The highest BCUT2D eigenvalue weighted by molar-refractivity contribution is 5.94. The summed E-state index contributed by atoms with van der Waals surface area (Å²) in [6, 6.07) is 13.6. The summed E-state index contributed by atoms with van der Waals surface area (Å²) in [6.45, 7) is 3.75. The Morgan fingerprint density at radius 1 is 0.857 bits per heavy atom. The summed E-state index contributed by atoms with van der Waals surface area (Å²) in [6.07, 6.45) is 0.191. The van der Waals surface area contributed by atoms with Gasteiger partial charge in [-0.25, -0.2) is 4.79 Å². The van der Waals surface area contributed by atoms with Gasteiger partial charge in [0.25, 0.3) is 5.91 Å². The number of ether oxygens (including phenoxy) is 3. The molecular weight excluding hydrogens is 358 g/mol. The number of amides is 1. The fourth-order valence-corrected chi connectivity index (χ4v) is 2.80. The van der Waals surface area contributed by atoms with E-state index in [-0.39, 0.29) is 18.1 Å². The third-order valence-electron chi connectivity index (χ3n) is 4.63. The van der Waals surface area contributed by atoms with Crippen LogP contribution < -0.4 is 9.47 Å². The number of hydrogen-bond acceptors (Lipinski definition) is 5. The van der Waals surface area contributed by atoms with Gasteiger partial charge < -0.3 is 19.1 Å². The summed E-state index contributed by atoms with van der Waals surface area (Å²) in [5.41, 5.74) is 1.04. The second-order valence-electron chi connectivity index (χ2n) is 6.67. The van der Waals surface area contributed by atoms with Gasteiger partial charge in [0, 0.05) is 25.1 Å². The molecule has 0 bridgehead atoms. The average molecular weight is 385 g/mol. The van der Waals surface area contributed by atoms with E-state index >= 15 is 0 Å². The minimum Gasteiger partial charge on any atom is -0.497 e. The van der Waals surface area contributed by atoms with Crippen molar-refractivity contribution in [2.24, 2.45) is 0 Å². The molecule has 0 saturated carbocycles. The van der Waals surface area contributed by atoms with E-state index in [0.717, 1.165) is 0 Å². The van der Waals surface area contributed by atoms with Crippen LogP contribution >= 0.6 is 0 Å². The molecule has 0 radical (unpaired) electrons. The molecule has 0 spiro atoms. The Balaban J connectivity index is 1.91. The topological polar surface area (TPSA) is 65.1 Å². The summed E-state index contributed by atoms with van der Waals surface area (Å²) in [5, 5.41) is 0. The maximum Gasteiger partial charge on any atom is 0.338 e. The van der Waals surface area contributed by atoms with Gasteiger partial charge in [0.15, 0.2) is 0 Å². The predicted octanol–water partition coefficient (Wildman–Crippen LogP) is 3.80. The first-order valence-electron chi connectivity index (χ1n) is 9.12. The van der Waals surface area contributed by atoms with E-state index < -0.39 is 5.97 Å². The zero-order valence-corrected chi connectivity index (χ0v) is 17.0. The lowest BCUT2D eigenvalue weighted by Crippen LogP contribution is -2.37. The van der Waals surface area contributed by atoms with Gasteiger partial charge >= 0.3 is 5.97 Å². The van der Waals surface area contributed by atoms with Crippen LogP contribution in [0.2, 0.25) is 0 Å². The molecule has 0 fully saturated rings. The molecule has 0 saturated heterocycles. The highest BCUT2D eigenvalue weighted by Crippen LogP contribution is 2.17. The second-order valence-corrected chi connectivity index (χ2v) is 6.67. The van der Waals surface area contributed by atoms with E-state index in [1.54, 1.807) is 74.7 Å². The van der Waals surface area contributed by atoms with Gasteiger partial charge in [0.2, 0.25) is 0 Å². The highest BCUT2D eigenvalue weighted by Gasteiger charge is 2.21. The SMILES string of the molecule is COc1ccc(C(=O)OC(C)CC(C)N(C)C(=O)c2ccc(OC)cc2)cc1. The molecule has 2 aromatic carbocycles. The van der Waals surface area contributed by atoms with Crippen molar-refractivity contribution in [2.75, 3.05) is 21.3 Å². The Morgan fingerprint density at radius 2 is 1.32 bits per heavy atom. The molecule has 0 aliphatic rings. The molecule has 0 aliphatic heterocycles. The molecule has 2 aromatic rings. The molecular formula is C22H27NO5. The zero-order chi connectivity index (χ0) is 20.7. The van der Waals surface area contributed by atoms with E-state index in [0.29, 0.717) is 29.0 Å². The van der Waals surface area contributed by atoms with Crippen LogP contribution in [-0.2, 0) is 4.74 Å². The van der Waals surface area contributed by atoms with Crippen molar-refractivity contribution < 1.29 is 23.8 Å². The van der Waals surface area contributed by atoms with E-state index in [1.165, 1.54) is 0 Å². The number of methoxy groups -OCH3 is 2. The summed E-state index contributed by atoms with van der Waals surface area (Å²) in [7, 11) is 4.90. The van der Waals surface area contributed by atoms with E-state index in [2.05, 4.69) is 0 Å². The van der Waals surface area contributed by atoms with Crippen molar-refractivity contribution in [1.82, 2.24) is 4.90 Å². The lowest BCUT2D eigenvalue weighted by molar-refractivity contribution is 0.0268. The molecule has 0 heterocycles. The van der Waals surface area contributed by atoms with E-state index in [4.69, 9.17) is 14.2 Å². The molecule has 0 N–H and O–H groups in total. The number of rotatable bonds is 8. The van der Waals surface area contributed by atoms with Crippen LogP contribution in [0.15, 0.2) is 48.5 Å². The van der Waals surface area contributed by atoms with Crippen LogP contribution in [0.4, 0.5) is 0 Å². The normalized spacial score (nSPS) is 12.6. The summed E-state index contributed by atoms with van der Waals surface area (Å²) >= 11 is 0. The van der Waals surface area contributed by atoms with Crippen molar-refractivity contribution in [2.45, 2.75) is 32.4 Å². The van der Waals surface area contributed by atoms with Crippen molar-refractivity contribution in [1.29, 1.82) is 0 Å². The second kappa shape index (κ2) is 9.78. The molecule has 2 atom stereocenters. The number of carbonyl (C=O) groups excluding carboxylic acids is 2. The summed E-state index contributed by atoms with van der Waals surface area (Å²) < 4.78 is 15.7. The van der Waals surface area contributed by atoms with Crippen molar-refractivity contribution >= 4 is 11.9 Å². The smallest absolute Gasteiger partial charge is 0.338 e. The molecule has 6 heteroatoms. The molecule has 2 unspecified atom stereocenters. The van der Waals surface area contributed by atoms with E-state index in [1.807, 2.05) is 13.8 Å². The van der Waals surface area contributed by atoms with Crippen LogP contribution in [0.3, 0.4) is 0 Å². The number of nitrogens with zero attached hydrogens (tertiary/aromatic N) is 1. The third-order valence-corrected chi connectivity index (χ3v) is 4.63. The molecule has 150 valence electrons. The standard InChI is InChI=1S/C22H27NO5/c1-15(23(3)21(24)17-6-10-19(26-4)11-7-17)14-16(2)28-22(25)18-8-12-20(27-5)13-9-18/h6-13,15-16H,14H2,1-5H3. The minimum absolute atomic E-state index is 0.0937. The zero-order valence-electron chi connectivity index (χ0n) is 17.0. The highest BCUT2D eigenvalue weighted by atomic mass is 16.5. The number of carbonyl (C=O) groups is 2. The number of esters is 1. The van der Waals surface area contributed by atoms with Gasteiger partial charge in [0.05, 0.1) is 19.8 Å². The molecule has 0 aromatic heterocycles. The van der Waals surface area contributed by atoms with Gasteiger partial charge in [-0.05, 0) is 62.4 Å². The summed E-state index contributed by atoms with van der Waals surface area (Å²) in [4.78, 5) is 26.6. The first-order valence-corrected chi connectivity index (χ1v) is 9.12. The van der Waals surface area contributed by atoms with Gasteiger partial charge in [-0.1, -0.05) is 0 Å². The Morgan fingerprint density at radius 3 is 1.79 bits per heavy atom. The van der Waals surface area contributed by atoms with Gasteiger partial charge in [-0.15, -0.1) is 0 Å². The Hall–Kier alpha value is -3.02. The average Bonchev–Trinajstić information content (AvgIpc) is 2.72. The van der Waals surface area contributed by atoms with Crippen LogP contribution in [0.25, 0.3) is 0 Å². The largest absolute Gasteiger partial charge is 0.497 e. The first kappa shape index (κ1) is 21.3. The van der Waals surface area contributed by atoms with Crippen molar-refractivity contribution in [3.8, 4) is 11.5 Å². The first-order chi connectivity index (χ1) is 13.3. The number of benzene rings is 2. The molecule has 28 heavy (non-hydrogen) atoms. The predicted molar refractivity (Wildman–Crippen MR) is 107 cm³/mol. The monoisotopic (exact) mass is 385 g/mol. The maximum atomic E-state index is 12.6. The Labute approximate surface area is 166 Å². The molecule has 1 amide bonds. The fourth-order valence-electron chi connectivity index (χ4n) is 2.80. The molecule has 0 aliphatic carbocycles. The Kier molecular flexibility index (Phi) is 7.44. The fraction of sp³-hybridized carbons (Fsp3) is 0.364. The summed E-state index contributed by atoms with van der Waals surface area (Å²) in [5.74, 6) is 0.888. The van der Waals surface area contributed by atoms with Gasteiger partial charge in [-0.3, -0.25) is 4.79 Å². The lowest BCUT2D eigenvalue weighted by atomic mass is 10.1. The third kappa shape index (κ3) is 5.49. The molecule has 6 nitrogen and oxygen atoms in total. The van der Waals surface area contributed by atoms with E-state index in [9.17, 15) is 9.59 Å². The van der Waals surface area contributed by atoms with Crippen LogP contribution in [0.5, 0.6) is 11.5 Å². The van der Waals surface area contributed by atoms with Crippen molar-refractivity contribution in [3.63, 3.8) is 0 Å². The minimum atomic E-state index is -0.397. The van der Waals surface area contributed by atoms with Crippen LogP contribution in [0, 0.1) is 0 Å². The van der Waals surface area contributed by atoms with Crippen molar-refractivity contribution in [3.05, 3.63) is 59.7 Å². The van der Waals surface area contributed by atoms with Gasteiger partial charge in [-0.2, -0.15) is 0 Å². The lowest BCUT2D eigenvalue weighted by Gasteiger charge is -2.27. The Bertz CT molecular complexity index is 786. The number of hydrogen-bond donors (Lipinski definition) is 0. The van der Waals surface area contributed by atoms with Gasteiger partial charge in [0.1, 0.15) is 17.6 Å². The van der Waals surface area contributed by atoms with Crippen LogP contribution in [0.1, 0.15) is 41.0 Å². The molecule has 2 rings (SSSR count). The maximum absolute atomic E-state index is 12.6. The van der Waals surface area contributed by atoms with Crippen LogP contribution in [-0.4, -0.2) is 50.2 Å². The quantitative estimate of drug-likeness (QED) is 0.647.